The highest BCUT2D eigenvalue weighted by Crippen LogP contribution is 2.31. The van der Waals surface area contributed by atoms with Gasteiger partial charge >= 0.3 is 0 Å². The third kappa shape index (κ3) is 3.42. The molecule has 1 aliphatic carbocycles. The van der Waals surface area contributed by atoms with Gasteiger partial charge in [0.05, 0.1) is 5.69 Å². The number of nitrogens with zero attached hydrogens (tertiary/aromatic N) is 1. The molecule has 1 atom stereocenters. The second-order valence-electron chi connectivity index (χ2n) is 5.45. The molecule has 0 aliphatic heterocycles. The number of carbonyl (C=O) groups is 1. The normalized spacial score (nSPS) is 16.9. The number of aryl methyl sites for hydroxylation is 1. The fourth-order valence-corrected chi connectivity index (χ4v) is 3.45. The number of aromatic nitrogens is 1. The lowest BCUT2D eigenvalue weighted by Gasteiger charge is -2.06. The average Bonchev–Trinajstić information content (AvgIpc) is 3.10. The molecule has 1 aromatic carbocycles. The third-order valence-corrected chi connectivity index (χ3v) is 4.61. The quantitative estimate of drug-likeness (QED) is 0.841. The van der Waals surface area contributed by atoms with Gasteiger partial charge < -0.3 is 5.32 Å². The smallest absolute Gasteiger partial charge is 0.226 e. The Hall–Kier alpha value is -2.01. The predicted octanol–water partition coefficient (Wildman–Crippen LogP) is 4.55. The van der Waals surface area contributed by atoms with Crippen molar-refractivity contribution in [3.8, 4) is 11.3 Å². The molecule has 0 radical (unpaired) electrons. The number of thiazole rings is 1. The van der Waals surface area contributed by atoms with Gasteiger partial charge in [0.1, 0.15) is 5.82 Å². The molecule has 5 heteroatoms. The van der Waals surface area contributed by atoms with E-state index in [0.29, 0.717) is 17.5 Å². The summed E-state index contributed by atoms with van der Waals surface area (Å²) in [4.78, 5) is 17.5. The lowest BCUT2D eigenvalue weighted by molar-refractivity contribution is -0.116. The van der Waals surface area contributed by atoms with Crippen LogP contribution in [-0.4, -0.2) is 10.9 Å². The van der Waals surface area contributed by atoms with Crippen LogP contribution in [0.4, 0.5) is 9.52 Å². The molecule has 0 saturated heterocycles. The zero-order valence-corrected chi connectivity index (χ0v) is 13.1. The molecule has 1 unspecified atom stereocenters. The lowest BCUT2D eigenvalue weighted by Crippen LogP contribution is -2.14. The van der Waals surface area contributed by atoms with Crippen LogP contribution in [0.15, 0.2) is 36.4 Å². The first-order valence-corrected chi connectivity index (χ1v) is 8.13. The molecule has 1 aliphatic rings. The standard InChI is InChI=1S/C17H17FN2OS/c1-11-16(13-6-8-14(18)9-7-13)20-17(22-11)19-15(21)10-12-4-2-3-5-12/h2,4,6-9,12H,3,5,10H2,1H3,(H,19,20,21). The second kappa shape index (κ2) is 6.40. The van der Waals surface area contributed by atoms with Gasteiger partial charge in [0.15, 0.2) is 5.13 Å². The van der Waals surface area contributed by atoms with Crippen molar-refractivity contribution >= 4 is 22.4 Å². The number of benzene rings is 1. The molecule has 22 heavy (non-hydrogen) atoms. The van der Waals surface area contributed by atoms with Crippen molar-refractivity contribution in [1.29, 1.82) is 0 Å². The van der Waals surface area contributed by atoms with Crippen molar-refractivity contribution in [3.05, 3.63) is 47.1 Å². The molecule has 1 aromatic heterocycles. The maximum Gasteiger partial charge on any atom is 0.226 e. The monoisotopic (exact) mass is 316 g/mol. The minimum absolute atomic E-state index is 0.00374. The Bertz CT molecular complexity index is 706. The first kappa shape index (κ1) is 14.9. The molecule has 1 N–H and O–H groups in total. The molecule has 1 heterocycles. The van der Waals surface area contributed by atoms with Crippen LogP contribution < -0.4 is 5.32 Å². The first-order chi connectivity index (χ1) is 10.6. The summed E-state index contributed by atoms with van der Waals surface area (Å²) in [7, 11) is 0. The zero-order valence-electron chi connectivity index (χ0n) is 12.3. The molecule has 0 saturated carbocycles. The van der Waals surface area contributed by atoms with Crippen molar-refractivity contribution in [2.75, 3.05) is 5.32 Å². The van der Waals surface area contributed by atoms with Crippen molar-refractivity contribution in [3.63, 3.8) is 0 Å². The molecular weight excluding hydrogens is 299 g/mol. The van der Waals surface area contributed by atoms with Gasteiger partial charge in [-0.25, -0.2) is 9.37 Å². The van der Waals surface area contributed by atoms with Gasteiger partial charge in [0, 0.05) is 16.9 Å². The third-order valence-electron chi connectivity index (χ3n) is 3.72. The molecule has 114 valence electrons. The van der Waals surface area contributed by atoms with E-state index in [1.54, 1.807) is 12.1 Å². The Kier molecular flexibility index (Phi) is 4.34. The summed E-state index contributed by atoms with van der Waals surface area (Å²) in [5.41, 5.74) is 1.65. The molecule has 3 nitrogen and oxygen atoms in total. The van der Waals surface area contributed by atoms with Crippen molar-refractivity contribution in [2.24, 2.45) is 5.92 Å². The number of hydrogen-bond acceptors (Lipinski definition) is 3. The first-order valence-electron chi connectivity index (χ1n) is 7.31. The van der Waals surface area contributed by atoms with Crippen LogP contribution in [0.25, 0.3) is 11.3 Å². The van der Waals surface area contributed by atoms with Crippen LogP contribution >= 0.6 is 11.3 Å². The summed E-state index contributed by atoms with van der Waals surface area (Å²) in [6.45, 7) is 1.95. The SMILES string of the molecule is Cc1sc(NC(=O)CC2C=CCC2)nc1-c1ccc(F)cc1. The van der Waals surface area contributed by atoms with Gasteiger partial charge in [0.2, 0.25) is 5.91 Å². The van der Waals surface area contributed by atoms with Crippen LogP contribution in [0, 0.1) is 18.7 Å². The topological polar surface area (TPSA) is 42.0 Å². The van der Waals surface area contributed by atoms with E-state index in [0.717, 1.165) is 29.0 Å². The summed E-state index contributed by atoms with van der Waals surface area (Å²) in [6.07, 6.45) is 6.84. The van der Waals surface area contributed by atoms with E-state index in [2.05, 4.69) is 22.5 Å². The molecular formula is C17H17FN2OS. The van der Waals surface area contributed by atoms with Gasteiger partial charge in [-0.15, -0.1) is 11.3 Å². The van der Waals surface area contributed by atoms with Gasteiger partial charge in [-0.1, -0.05) is 12.2 Å². The Morgan fingerprint density at radius 1 is 1.41 bits per heavy atom. The van der Waals surface area contributed by atoms with Crippen molar-refractivity contribution < 1.29 is 9.18 Å². The van der Waals surface area contributed by atoms with Crippen LogP contribution in [0.2, 0.25) is 0 Å². The number of halogens is 1. The summed E-state index contributed by atoms with van der Waals surface area (Å²) in [5, 5.41) is 3.47. The highest BCUT2D eigenvalue weighted by atomic mass is 32.1. The summed E-state index contributed by atoms with van der Waals surface area (Å²) >= 11 is 1.44. The Morgan fingerprint density at radius 3 is 2.86 bits per heavy atom. The molecule has 0 fully saturated rings. The molecule has 0 bridgehead atoms. The molecule has 3 rings (SSSR count). The Labute approximate surface area is 132 Å². The average molecular weight is 316 g/mol. The summed E-state index contributed by atoms with van der Waals surface area (Å²) in [6, 6.07) is 6.23. The van der Waals surface area contributed by atoms with E-state index < -0.39 is 0 Å². The van der Waals surface area contributed by atoms with E-state index in [9.17, 15) is 9.18 Å². The van der Waals surface area contributed by atoms with Gasteiger partial charge in [0.25, 0.3) is 0 Å². The number of amides is 1. The maximum atomic E-state index is 13.0. The van der Waals surface area contributed by atoms with Crippen LogP contribution in [0.3, 0.4) is 0 Å². The van der Waals surface area contributed by atoms with Crippen molar-refractivity contribution in [1.82, 2.24) is 4.98 Å². The van der Waals surface area contributed by atoms with Crippen molar-refractivity contribution in [2.45, 2.75) is 26.2 Å². The van der Waals surface area contributed by atoms with Crippen LogP contribution in [-0.2, 0) is 4.79 Å². The summed E-state index contributed by atoms with van der Waals surface area (Å²) < 4.78 is 13.0. The van der Waals surface area contributed by atoms with Crippen LogP contribution in [0.5, 0.6) is 0 Å². The minimum Gasteiger partial charge on any atom is -0.302 e. The Morgan fingerprint density at radius 2 is 2.18 bits per heavy atom. The number of rotatable bonds is 4. The fraction of sp³-hybridized carbons (Fsp3) is 0.294. The number of allylic oxidation sites excluding steroid dienone is 2. The number of hydrogen-bond donors (Lipinski definition) is 1. The van der Waals surface area contributed by atoms with E-state index >= 15 is 0 Å². The molecule has 0 spiro atoms. The van der Waals surface area contributed by atoms with E-state index in [4.69, 9.17) is 0 Å². The fourth-order valence-electron chi connectivity index (χ4n) is 2.60. The van der Waals surface area contributed by atoms with E-state index in [-0.39, 0.29) is 11.7 Å². The maximum absolute atomic E-state index is 13.0. The largest absolute Gasteiger partial charge is 0.302 e. The van der Waals surface area contributed by atoms with E-state index in [1.165, 1.54) is 23.5 Å². The predicted molar refractivity (Wildman–Crippen MR) is 87.4 cm³/mol. The van der Waals surface area contributed by atoms with Gasteiger partial charge in [-0.3, -0.25) is 4.79 Å². The number of nitrogens with one attached hydrogen (secondary N) is 1. The highest BCUT2D eigenvalue weighted by Gasteiger charge is 2.16. The lowest BCUT2D eigenvalue weighted by atomic mass is 10.1. The highest BCUT2D eigenvalue weighted by molar-refractivity contribution is 7.16. The van der Waals surface area contributed by atoms with Crippen LogP contribution in [0.1, 0.15) is 24.1 Å². The summed E-state index contributed by atoms with van der Waals surface area (Å²) in [5.74, 6) is 0.0726. The Balaban J connectivity index is 1.70. The second-order valence-corrected chi connectivity index (χ2v) is 6.65. The number of anilines is 1. The molecule has 1 amide bonds. The van der Waals surface area contributed by atoms with Gasteiger partial charge in [-0.05, 0) is 49.9 Å². The minimum atomic E-state index is -0.269. The molecule has 2 aromatic rings. The zero-order chi connectivity index (χ0) is 15.5. The van der Waals surface area contributed by atoms with Gasteiger partial charge in [-0.2, -0.15) is 0 Å². The van der Waals surface area contributed by atoms with E-state index in [1.807, 2.05) is 6.92 Å². The number of carbonyl (C=O) groups excluding carboxylic acids is 1.